The topological polar surface area (TPSA) is 78.4 Å². The summed E-state index contributed by atoms with van der Waals surface area (Å²) in [6.07, 6.45) is 3.52. The third kappa shape index (κ3) is 5.09. The molecule has 1 aromatic heterocycles. The summed E-state index contributed by atoms with van der Waals surface area (Å²) in [5.74, 6) is 0. The molecule has 3 rings (SSSR count). The molecule has 3 aromatic rings. The van der Waals surface area contributed by atoms with Crippen LogP contribution in [0.4, 0.5) is 10.5 Å². The molecule has 0 spiro atoms. The summed E-state index contributed by atoms with van der Waals surface area (Å²) in [6, 6.07) is 14.7. The fraction of sp³-hybridized carbons (Fsp3) is 0.200. The molecule has 7 heteroatoms. The van der Waals surface area contributed by atoms with E-state index in [0.717, 1.165) is 16.7 Å². The van der Waals surface area contributed by atoms with Crippen LogP contribution in [0.2, 0.25) is 5.02 Å². The van der Waals surface area contributed by atoms with Crippen LogP contribution in [0.3, 0.4) is 0 Å². The van der Waals surface area contributed by atoms with Gasteiger partial charge in [0.15, 0.2) is 0 Å². The number of nitrogens with one attached hydrogen (secondary N) is 1. The summed E-state index contributed by atoms with van der Waals surface area (Å²) in [5, 5.41) is 16.5. The Labute approximate surface area is 162 Å². The second-order valence-electron chi connectivity index (χ2n) is 5.95. The standard InChI is InChI=1S/C20H20ClN3O3/c21-18-4-1-3-15(11-18)14-27-20(26)24(9-2-10-25)19-7-5-16(6-8-19)17-12-22-23-13-17/h1,3-8,11-13,25H,2,9-10,14H2,(H,22,23). The first-order valence-corrected chi connectivity index (χ1v) is 8.94. The van der Waals surface area contributed by atoms with Crippen LogP contribution < -0.4 is 4.90 Å². The average Bonchev–Trinajstić information content (AvgIpc) is 3.22. The summed E-state index contributed by atoms with van der Waals surface area (Å²) in [4.78, 5) is 14.1. The Bertz CT molecular complexity index is 866. The number of carbonyl (C=O) groups excluding carboxylic acids is 1. The first kappa shape index (κ1) is 18.9. The van der Waals surface area contributed by atoms with E-state index in [9.17, 15) is 4.79 Å². The van der Waals surface area contributed by atoms with E-state index < -0.39 is 6.09 Å². The first-order chi connectivity index (χ1) is 13.2. The predicted molar refractivity (Wildman–Crippen MR) is 105 cm³/mol. The molecular weight excluding hydrogens is 366 g/mol. The molecule has 1 heterocycles. The van der Waals surface area contributed by atoms with E-state index in [1.165, 1.54) is 4.90 Å². The number of carbonyl (C=O) groups is 1. The number of amides is 1. The van der Waals surface area contributed by atoms with Gasteiger partial charge in [-0.1, -0.05) is 35.9 Å². The van der Waals surface area contributed by atoms with Crippen molar-refractivity contribution in [2.45, 2.75) is 13.0 Å². The average molecular weight is 386 g/mol. The Kier molecular flexibility index (Phi) is 6.46. The largest absolute Gasteiger partial charge is 0.444 e. The molecule has 0 aliphatic rings. The van der Waals surface area contributed by atoms with Crippen molar-refractivity contribution in [3.63, 3.8) is 0 Å². The van der Waals surface area contributed by atoms with Gasteiger partial charge in [-0.15, -0.1) is 0 Å². The molecule has 27 heavy (non-hydrogen) atoms. The number of ether oxygens (including phenoxy) is 1. The normalized spacial score (nSPS) is 10.6. The van der Waals surface area contributed by atoms with Crippen molar-refractivity contribution in [3.8, 4) is 11.1 Å². The molecule has 0 aliphatic heterocycles. The van der Waals surface area contributed by atoms with Crippen molar-refractivity contribution >= 4 is 23.4 Å². The summed E-state index contributed by atoms with van der Waals surface area (Å²) >= 11 is 5.96. The maximum absolute atomic E-state index is 12.6. The molecule has 2 N–H and O–H groups in total. The van der Waals surface area contributed by atoms with Crippen molar-refractivity contribution in [2.75, 3.05) is 18.1 Å². The number of anilines is 1. The third-order valence-electron chi connectivity index (χ3n) is 4.02. The molecule has 0 radical (unpaired) electrons. The number of rotatable bonds is 7. The van der Waals surface area contributed by atoms with Crippen LogP contribution in [0.25, 0.3) is 11.1 Å². The number of nitrogens with zero attached hydrogens (tertiary/aromatic N) is 2. The monoisotopic (exact) mass is 385 g/mol. The van der Waals surface area contributed by atoms with Gasteiger partial charge >= 0.3 is 6.09 Å². The molecule has 140 valence electrons. The number of aliphatic hydroxyl groups is 1. The van der Waals surface area contributed by atoms with Crippen LogP contribution in [-0.4, -0.2) is 34.5 Å². The number of aromatic amines is 1. The minimum absolute atomic E-state index is 0.00875. The molecule has 0 saturated heterocycles. The van der Waals surface area contributed by atoms with Crippen molar-refractivity contribution in [1.29, 1.82) is 0 Å². The van der Waals surface area contributed by atoms with E-state index >= 15 is 0 Å². The van der Waals surface area contributed by atoms with E-state index in [1.807, 2.05) is 36.4 Å². The number of hydrogen-bond donors (Lipinski definition) is 2. The van der Waals surface area contributed by atoms with E-state index in [4.69, 9.17) is 21.4 Å². The van der Waals surface area contributed by atoms with Gasteiger partial charge in [-0.25, -0.2) is 4.79 Å². The Hall–Kier alpha value is -2.83. The molecule has 0 atom stereocenters. The van der Waals surface area contributed by atoms with Gasteiger partial charge in [0, 0.05) is 35.6 Å². The second-order valence-corrected chi connectivity index (χ2v) is 6.38. The quantitative estimate of drug-likeness (QED) is 0.637. The zero-order valence-corrected chi connectivity index (χ0v) is 15.4. The number of halogens is 1. The minimum Gasteiger partial charge on any atom is -0.444 e. The summed E-state index contributed by atoms with van der Waals surface area (Å²) in [6.45, 7) is 0.475. The molecular formula is C20H20ClN3O3. The van der Waals surface area contributed by atoms with E-state index in [2.05, 4.69) is 10.2 Å². The molecule has 0 unspecified atom stereocenters. The molecule has 1 amide bonds. The van der Waals surface area contributed by atoms with Crippen molar-refractivity contribution in [1.82, 2.24) is 10.2 Å². The van der Waals surface area contributed by atoms with Gasteiger partial charge in [0.1, 0.15) is 6.61 Å². The van der Waals surface area contributed by atoms with Crippen molar-refractivity contribution in [2.24, 2.45) is 0 Å². The van der Waals surface area contributed by atoms with Crippen molar-refractivity contribution in [3.05, 3.63) is 71.5 Å². The van der Waals surface area contributed by atoms with Crippen molar-refractivity contribution < 1.29 is 14.6 Å². The highest BCUT2D eigenvalue weighted by atomic mass is 35.5. The third-order valence-corrected chi connectivity index (χ3v) is 4.26. The Balaban J connectivity index is 1.71. The Morgan fingerprint density at radius 3 is 2.67 bits per heavy atom. The van der Waals surface area contributed by atoms with Gasteiger partial charge in [0.05, 0.1) is 6.20 Å². The van der Waals surface area contributed by atoms with E-state index in [-0.39, 0.29) is 13.2 Å². The Morgan fingerprint density at radius 2 is 2.00 bits per heavy atom. The number of aliphatic hydroxyl groups excluding tert-OH is 1. The highest BCUT2D eigenvalue weighted by molar-refractivity contribution is 6.30. The zero-order chi connectivity index (χ0) is 19.1. The highest BCUT2D eigenvalue weighted by Gasteiger charge is 2.17. The van der Waals surface area contributed by atoms with Crippen LogP contribution in [0.15, 0.2) is 60.9 Å². The van der Waals surface area contributed by atoms with E-state index in [0.29, 0.717) is 23.7 Å². The molecule has 0 aliphatic carbocycles. The number of aromatic nitrogens is 2. The number of hydrogen-bond acceptors (Lipinski definition) is 4. The van der Waals surface area contributed by atoms with Gasteiger partial charge in [0.2, 0.25) is 0 Å². The highest BCUT2D eigenvalue weighted by Crippen LogP contribution is 2.23. The molecule has 6 nitrogen and oxygen atoms in total. The maximum Gasteiger partial charge on any atom is 0.414 e. The number of H-pyrrole nitrogens is 1. The van der Waals surface area contributed by atoms with Crippen LogP contribution >= 0.6 is 11.6 Å². The summed E-state index contributed by atoms with van der Waals surface area (Å²) in [7, 11) is 0. The van der Waals surface area contributed by atoms with Gasteiger partial charge in [-0.3, -0.25) is 10.00 Å². The first-order valence-electron chi connectivity index (χ1n) is 8.56. The molecule has 0 bridgehead atoms. The molecule has 2 aromatic carbocycles. The predicted octanol–water partition coefficient (Wildman–Crippen LogP) is 4.26. The summed E-state index contributed by atoms with van der Waals surface area (Å²) < 4.78 is 5.43. The fourth-order valence-electron chi connectivity index (χ4n) is 2.65. The summed E-state index contributed by atoms with van der Waals surface area (Å²) in [5.41, 5.74) is 3.47. The van der Waals surface area contributed by atoms with Crippen LogP contribution in [0, 0.1) is 0 Å². The Morgan fingerprint density at radius 1 is 1.19 bits per heavy atom. The molecule has 0 fully saturated rings. The van der Waals surface area contributed by atoms with Crippen LogP contribution in [0.1, 0.15) is 12.0 Å². The lowest BCUT2D eigenvalue weighted by Crippen LogP contribution is -2.32. The zero-order valence-electron chi connectivity index (χ0n) is 14.6. The lowest BCUT2D eigenvalue weighted by Gasteiger charge is -2.22. The minimum atomic E-state index is -0.473. The lowest BCUT2D eigenvalue weighted by atomic mass is 10.1. The smallest absolute Gasteiger partial charge is 0.414 e. The van der Waals surface area contributed by atoms with Gasteiger partial charge in [-0.2, -0.15) is 5.10 Å². The number of benzene rings is 2. The lowest BCUT2D eigenvalue weighted by molar-refractivity contribution is 0.146. The van der Waals surface area contributed by atoms with Crippen LogP contribution in [-0.2, 0) is 11.3 Å². The van der Waals surface area contributed by atoms with Crippen LogP contribution in [0.5, 0.6) is 0 Å². The maximum atomic E-state index is 12.6. The van der Waals surface area contributed by atoms with Gasteiger partial charge in [-0.05, 0) is 41.8 Å². The SMILES string of the molecule is O=C(OCc1cccc(Cl)c1)N(CCCO)c1ccc(-c2cn[nH]c2)cc1. The van der Waals surface area contributed by atoms with Gasteiger partial charge < -0.3 is 9.84 Å². The molecule has 0 saturated carbocycles. The van der Waals surface area contributed by atoms with Gasteiger partial charge in [0.25, 0.3) is 0 Å². The fourth-order valence-corrected chi connectivity index (χ4v) is 2.86. The van der Waals surface area contributed by atoms with E-state index in [1.54, 1.807) is 24.5 Å². The second kappa shape index (κ2) is 9.21.